The van der Waals surface area contributed by atoms with Crippen LogP contribution in [0.5, 0.6) is 0 Å². The Labute approximate surface area is 173 Å². The summed E-state index contributed by atoms with van der Waals surface area (Å²) in [5.41, 5.74) is 2.95. The number of carbonyl (C=O) groups is 1. The van der Waals surface area contributed by atoms with Crippen molar-refractivity contribution < 1.29 is 4.79 Å². The molecule has 1 aromatic heterocycles. The van der Waals surface area contributed by atoms with Crippen LogP contribution in [0.1, 0.15) is 42.4 Å². The van der Waals surface area contributed by atoms with Gasteiger partial charge in [0.25, 0.3) is 5.91 Å². The lowest BCUT2D eigenvalue weighted by Gasteiger charge is -2.22. The Balaban J connectivity index is 1.66. The number of benzene rings is 2. The second-order valence-electron chi connectivity index (χ2n) is 7.31. The first-order valence-electron chi connectivity index (χ1n) is 9.64. The Kier molecular flexibility index (Phi) is 5.48. The number of amides is 1. The fourth-order valence-electron chi connectivity index (χ4n) is 3.51. The summed E-state index contributed by atoms with van der Waals surface area (Å²) in [4.78, 5) is 20.0. The summed E-state index contributed by atoms with van der Waals surface area (Å²) >= 11 is 2.25. The van der Waals surface area contributed by atoms with Gasteiger partial charge in [-0.05, 0) is 78.1 Å². The quantitative estimate of drug-likeness (QED) is 0.448. The normalized spacial score (nSPS) is 13.9. The number of hydrogen-bond acceptors (Lipinski definition) is 2. The third kappa shape index (κ3) is 4.18. The molecule has 0 saturated heterocycles. The van der Waals surface area contributed by atoms with Crippen molar-refractivity contribution in [2.45, 2.75) is 39.3 Å². The van der Waals surface area contributed by atoms with E-state index in [1.807, 2.05) is 35.2 Å². The van der Waals surface area contributed by atoms with Gasteiger partial charge in [0, 0.05) is 22.2 Å². The number of aromatic nitrogens is 2. The highest BCUT2D eigenvalue weighted by atomic mass is 127. The minimum Gasteiger partial charge on any atom is -0.331 e. The number of nitrogens with zero attached hydrogens (tertiary/aromatic N) is 3. The van der Waals surface area contributed by atoms with Crippen molar-refractivity contribution in [3.05, 3.63) is 63.5 Å². The minimum atomic E-state index is 0.0837. The lowest BCUT2D eigenvalue weighted by atomic mass is 10.2. The third-order valence-corrected chi connectivity index (χ3v) is 5.73. The largest absolute Gasteiger partial charge is 0.331 e. The van der Waals surface area contributed by atoms with Crippen molar-refractivity contribution >= 4 is 39.5 Å². The molecule has 1 amide bonds. The number of imidazole rings is 1. The molecule has 0 aliphatic heterocycles. The summed E-state index contributed by atoms with van der Waals surface area (Å²) in [5, 5.41) is 0. The highest BCUT2D eigenvalue weighted by Gasteiger charge is 2.25. The zero-order valence-corrected chi connectivity index (χ0v) is 17.7. The van der Waals surface area contributed by atoms with Gasteiger partial charge in [-0.15, -0.1) is 0 Å². The minimum absolute atomic E-state index is 0.0837. The van der Waals surface area contributed by atoms with Crippen LogP contribution in [0, 0.1) is 9.49 Å². The van der Waals surface area contributed by atoms with E-state index in [0.29, 0.717) is 6.54 Å². The van der Waals surface area contributed by atoms with Crippen LogP contribution >= 0.6 is 22.6 Å². The van der Waals surface area contributed by atoms with Gasteiger partial charge in [-0.1, -0.05) is 25.1 Å². The highest BCUT2D eigenvalue weighted by molar-refractivity contribution is 14.1. The molecule has 1 aliphatic rings. The molecule has 27 heavy (non-hydrogen) atoms. The van der Waals surface area contributed by atoms with E-state index in [2.05, 4.69) is 52.3 Å². The van der Waals surface area contributed by atoms with E-state index in [9.17, 15) is 4.79 Å². The second-order valence-corrected chi connectivity index (χ2v) is 8.55. The van der Waals surface area contributed by atoms with Crippen LogP contribution in [0.4, 0.5) is 0 Å². The summed E-state index contributed by atoms with van der Waals surface area (Å²) < 4.78 is 3.41. The van der Waals surface area contributed by atoms with Gasteiger partial charge >= 0.3 is 0 Å². The molecule has 4 rings (SSSR count). The monoisotopic (exact) mass is 473 g/mol. The number of carbonyl (C=O) groups excluding carboxylic acids is 1. The van der Waals surface area contributed by atoms with E-state index in [-0.39, 0.29) is 5.91 Å². The molecule has 1 aliphatic carbocycles. The molecule has 1 fully saturated rings. The Morgan fingerprint density at radius 3 is 2.78 bits per heavy atom. The molecule has 0 unspecified atom stereocenters. The number of fused-ring (bicyclic) bond motifs is 1. The highest BCUT2D eigenvalue weighted by Crippen LogP contribution is 2.32. The van der Waals surface area contributed by atoms with E-state index in [1.54, 1.807) is 0 Å². The van der Waals surface area contributed by atoms with Crippen molar-refractivity contribution in [1.29, 1.82) is 0 Å². The van der Waals surface area contributed by atoms with Gasteiger partial charge in [-0.3, -0.25) is 4.79 Å². The molecule has 3 aromatic rings. The van der Waals surface area contributed by atoms with Crippen molar-refractivity contribution in [2.75, 3.05) is 6.54 Å². The van der Waals surface area contributed by atoms with Gasteiger partial charge in [-0.2, -0.15) is 0 Å². The molecule has 2 aromatic carbocycles. The van der Waals surface area contributed by atoms with E-state index < -0.39 is 0 Å². The lowest BCUT2D eigenvalue weighted by Crippen LogP contribution is -2.32. The number of hydrogen-bond donors (Lipinski definition) is 0. The molecule has 4 nitrogen and oxygen atoms in total. The SMILES string of the molecule is CCCN(Cc1nc2ccccc2n1CC1CC1)C(=O)c1cccc(I)c1. The van der Waals surface area contributed by atoms with Crippen molar-refractivity contribution in [1.82, 2.24) is 14.5 Å². The summed E-state index contributed by atoms with van der Waals surface area (Å²) in [6.45, 7) is 4.41. The van der Waals surface area contributed by atoms with Gasteiger partial charge < -0.3 is 9.47 Å². The zero-order valence-electron chi connectivity index (χ0n) is 15.6. The summed E-state index contributed by atoms with van der Waals surface area (Å²) in [7, 11) is 0. The molecule has 0 radical (unpaired) electrons. The molecule has 0 N–H and O–H groups in total. The number of rotatable bonds is 7. The van der Waals surface area contributed by atoms with E-state index in [1.165, 1.54) is 18.4 Å². The first-order chi connectivity index (χ1) is 13.2. The van der Waals surface area contributed by atoms with Gasteiger partial charge in [0.1, 0.15) is 5.82 Å². The maximum absolute atomic E-state index is 13.1. The standard InChI is InChI=1S/C22H24IN3O/c1-2-12-25(22(27)17-6-5-7-18(23)13-17)15-21-24-19-8-3-4-9-20(19)26(21)14-16-10-11-16/h3-9,13,16H,2,10-12,14-15H2,1H3. The number of para-hydroxylation sites is 2. The van der Waals surface area contributed by atoms with Crippen molar-refractivity contribution in [3.63, 3.8) is 0 Å². The van der Waals surface area contributed by atoms with E-state index in [4.69, 9.17) is 4.98 Å². The van der Waals surface area contributed by atoms with Crippen LogP contribution in [-0.2, 0) is 13.1 Å². The first kappa shape index (κ1) is 18.5. The Hall–Kier alpha value is -1.89. The van der Waals surface area contributed by atoms with Gasteiger partial charge in [0.05, 0.1) is 17.6 Å². The van der Waals surface area contributed by atoms with E-state index in [0.717, 1.165) is 45.9 Å². The van der Waals surface area contributed by atoms with Crippen molar-refractivity contribution in [3.8, 4) is 0 Å². The van der Waals surface area contributed by atoms with Crippen molar-refractivity contribution in [2.24, 2.45) is 5.92 Å². The van der Waals surface area contributed by atoms with Crippen LogP contribution in [0.25, 0.3) is 11.0 Å². The molecule has 0 atom stereocenters. The summed E-state index contributed by atoms with van der Waals surface area (Å²) in [6, 6.07) is 16.1. The lowest BCUT2D eigenvalue weighted by molar-refractivity contribution is 0.0737. The fraction of sp³-hybridized carbons (Fsp3) is 0.364. The summed E-state index contributed by atoms with van der Waals surface area (Å²) in [5.74, 6) is 1.84. The fourth-order valence-corrected chi connectivity index (χ4v) is 4.05. The summed E-state index contributed by atoms with van der Waals surface area (Å²) in [6.07, 6.45) is 3.52. The van der Waals surface area contributed by atoms with Crippen LogP contribution < -0.4 is 0 Å². The van der Waals surface area contributed by atoms with Crippen LogP contribution in [-0.4, -0.2) is 26.9 Å². The van der Waals surface area contributed by atoms with Crippen LogP contribution in [0.2, 0.25) is 0 Å². The molecule has 1 heterocycles. The Bertz CT molecular complexity index is 961. The molecule has 0 spiro atoms. The first-order valence-corrected chi connectivity index (χ1v) is 10.7. The zero-order chi connectivity index (χ0) is 18.8. The second kappa shape index (κ2) is 8.00. The predicted molar refractivity (Wildman–Crippen MR) is 117 cm³/mol. The van der Waals surface area contributed by atoms with Crippen LogP contribution in [0.15, 0.2) is 48.5 Å². The predicted octanol–water partition coefficient (Wildman–Crippen LogP) is 5.10. The maximum Gasteiger partial charge on any atom is 0.254 e. The number of halogens is 1. The Morgan fingerprint density at radius 1 is 1.22 bits per heavy atom. The molecule has 1 saturated carbocycles. The average molecular weight is 473 g/mol. The smallest absolute Gasteiger partial charge is 0.254 e. The third-order valence-electron chi connectivity index (χ3n) is 5.06. The van der Waals surface area contributed by atoms with Gasteiger partial charge in [0.2, 0.25) is 0 Å². The Morgan fingerprint density at radius 2 is 2.04 bits per heavy atom. The van der Waals surface area contributed by atoms with Gasteiger partial charge in [0.15, 0.2) is 0 Å². The molecule has 5 heteroatoms. The van der Waals surface area contributed by atoms with Gasteiger partial charge in [-0.25, -0.2) is 4.98 Å². The average Bonchev–Trinajstić information content (AvgIpc) is 3.43. The maximum atomic E-state index is 13.1. The molecule has 140 valence electrons. The van der Waals surface area contributed by atoms with Crippen LogP contribution in [0.3, 0.4) is 0 Å². The molecule has 0 bridgehead atoms. The topological polar surface area (TPSA) is 38.1 Å². The molecular formula is C22H24IN3O. The molecular weight excluding hydrogens is 449 g/mol. The van der Waals surface area contributed by atoms with E-state index >= 15 is 0 Å².